The van der Waals surface area contributed by atoms with Crippen molar-refractivity contribution in [1.82, 2.24) is 4.90 Å². The minimum absolute atomic E-state index is 0.464. The highest BCUT2D eigenvalue weighted by Crippen LogP contribution is 2.12. The van der Waals surface area contributed by atoms with Gasteiger partial charge in [-0.1, -0.05) is 60.5 Å². The van der Waals surface area contributed by atoms with Crippen LogP contribution in [0.2, 0.25) is 0 Å². The molecule has 0 aliphatic heterocycles. The van der Waals surface area contributed by atoms with E-state index in [0.717, 1.165) is 19.3 Å². The quantitative estimate of drug-likeness (QED) is 0.698. The number of hydrogen-bond acceptors (Lipinski definition) is 1. The second-order valence-electron chi connectivity index (χ2n) is 5.97. The number of aryl methyl sites for hydroxylation is 2. The summed E-state index contributed by atoms with van der Waals surface area (Å²) in [5.41, 5.74) is 4.17. The molecule has 1 nitrogen and oxygen atoms in total. The van der Waals surface area contributed by atoms with Gasteiger partial charge in [0.05, 0.1) is 6.54 Å². The van der Waals surface area contributed by atoms with Crippen LogP contribution in [0, 0.1) is 12.3 Å². The molecule has 1 unspecified atom stereocenters. The van der Waals surface area contributed by atoms with Gasteiger partial charge in [-0.3, -0.25) is 4.90 Å². The standard InChI is InChI=1S/C21H25N/c1-4-16-22(3)18(2)17-21-14-12-20(13-15-21)11-10-19-8-6-5-7-9-19/h1,5-9,12-15,18H,10-11,16-17H2,2-3H3. The van der Waals surface area contributed by atoms with Gasteiger partial charge in [-0.05, 0) is 49.9 Å². The Morgan fingerprint density at radius 2 is 1.45 bits per heavy atom. The van der Waals surface area contributed by atoms with Crippen molar-refractivity contribution in [3.05, 3.63) is 71.3 Å². The largest absolute Gasteiger partial charge is 0.292 e. The van der Waals surface area contributed by atoms with Gasteiger partial charge in [0.15, 0.2) is 0 Å². The summed E-state index contributed by atoms with van der Waals surface area (Å²) in [6.07, 6.45) is 8.60. The zero-order valence-corrected chi connectivity index (χ0v) is 13.6. The molecule has 0 aliphatic rings. The SMILES string of the molecule is C#CCN(C)C(C)Cc1ccc(CCc2ccccc2)cc1. The van der Waals surface area contributed by atoms with Gasteiger partial charge in [0.2, 0.25) is 0 Å². The highest BCUT2D eigenvalue weighted by Gasteiger charge is 2.08. The van der Waals surface area contributed by atoms with Crippen molar-refractivity contribution in [3.8, 4) is 12.3 Å². The molecule has 1 atom stereocenters. The van der Waals surface area contributed by atoms with Crippen LogP contribution in [0.3, 0.4) is 0 Å². The first-order valence-electron chi connectivity index (χ1n) is 7.94. The van der Waals surface area contributed by atoms with Gasteiger partial charge in [0.25, 0.3) is 0 Å². The van der Waals surface area contributed by atoms with Crippen LogP contribution < -0.4 is 0 Å². The monoisotopic (exact) mass is 291 g/mol. The summed E-state index contributed by atoms with van der Waals surface area (Å²) < 4.78 is 0. The normalized spacial score (nSPS) is 12.1. The van der Waals surface area contributed by atoms with Gasteiger partial charge in [0, 0.05) is 6.04 Å². The topological polar surface area (TPSA) is 3.24 Å². The van der Waals surface area contributed by atoms with Crippen LogP contribution in [0.5, 0.6) is 0 Å². The molecule has 0 radical (unpaired) electrons. The van der Waals surface area contributed by atoms with E-state index in [1.54, 1.807) is 0 Å². The van der Waals surface area contributed by atoms with Crippen LogP contribution in [0.4, 0.5) is 0 Å². The van der Waals surface area contributed by atoms with Crippen molar-refractivity contribution in [2.24, 2.45) is 0 Å². The Bertz CT molecular complexity index is 592. The maximum atomic E-state index is 5.37. The lowest BCUT2D eigenvalue weighted by Crippen LogP contribution is -2.31. The summed E-state index contributed by atoms with van der Waals surface area (Å²) in [7, 11) is 2.08. The molecule has 0 amide bonds. The summed E-state index contributed by atoms with van der Waals surface area (Å²) in [5.74, 6) is 2.70. The fourth-order valence-corrected chi connectivity index (χ4v) is 2.57. The summed E-state index contributed by atoms with van der Waals surface area (Å²) in [4.78, 5) is 2.21. The zero-order chi connectivity index (χ0) is 15.8. The molecule has 2 aromatic carbocycles. The third kappa shape index (κ3) is 5.06. The Kier molecular flexibility index (Phi) is 6.25. The average Bonchev–Trinajstić information content (AvgIpc) is 2.55. The Morgan fingerprint density at radius 3 is 2.05 bits per heavy atom. The van der Waals surface area contributed by atoms with E-state index in [1.165, 1.54) is 16.7 Å². The van der Waals surface area contributed by atoms with E-state index in [9.17, 15) is 0 Å². The molecular weight excluding hydrogens is 266 g/mol. The Morgan fingerprint density at radius 1 is 0.909 bits per heavy atom. The molecule has 114 valence electrons. The van der Waals surface area contributed by atoms with E-state index < -0.39 is 0 Å². The molecule has 0 spiro atoms. The van der Waals surface area contributed by atoms with Gasteiger partial charge < -0.3 is 0 Å². The maximum Gasteiger partial charge on any atom is 0.0598 e. The average molecular weight is 291 g/mol. The molecule has 1 heteroatoms. The Balaban J connectivity index is 1.86. The number of terminal acetylenes is 1. The molecule has 2 rings (SSSR count). The van der Waals surface area contributed by atoms with Gasteiger partial charge in [-0.25, -0.2) is 0 Å². The number of nitrogens with zero attached hydrogens (tertiary/aromatic N) is 1. The molecule has 0 fully saturated rings. The fourth-order valence-electron chi connectivity index (χ4n) is 2.57. The van der Waals surface area contributed by atoms with Gasteiger partial charge in [-0.15, -0.1) is 6.42 Å². The second-order valence-corrected chi connectivity index (χ2v) is 5.97. The second kappa shape index (κ2) is 8.41. The number of hydrogen-bond donors (Lipinski definition) is 0. The first-order valence-corrected chi connectivity index (χ1v) is 7.94. The lowest BCUT2D eigenvalue weighted by atomic mass is 10.0. The fraction of sp³-hybridized carbons (Fsp3) is 0.333. The van der Waals surface area contributed by atoms with Crippen molar-refractivity contribution in [2.75, 3.05) is 13.6 Å². The summed E-state index contributed by atoms with van der Waals surface area (Å²) in [5, 5.41) is 0. The smallest absolute Gasteiger partial charge is 0.0598 e. The van der Waals surface area contributed by atoms with Crippen molar-refractivity contribution >= 4 is 0 Å². The van der Waals surface area contributed by atoms with Crippen molar-refractivity contribution in [3.63, 3.8) is 0 Å². The van der Waals surface area contributed by atoms with Crippen LogP contribution in [0.25, 0.3) is 0 Å². The Hall–Kier alpha value is -2.04. The lowest BCUT2D eigenvalue weighted by molar-refractivity contribution is 0.287. The number of likely N-dealkylation sites (N-methyl/N-ethyl adjacent to an activating group) is 1. The minimum atomic E-state index is 0.464. The van der Waals surface area contributed by atoms with E-state index in [0.29, 0.717) is 12.6 Å². The molecule has 2 aromatic rings. The zero-order valence-electron chi connectivity index (χ0n) is 13.6. The summed E-state index contributed by atoms with van der Waals surface area (Å²) in [6, 6.07) is 20.1. The number of benzene rings is 2. The number of rotatable bonds is 7. The maximum absolute atomic E-state index is 5.37. The molecular formula is C21H25N. The molecule has 0 saturated heterocycles. The van der Waals surface area contributed by atoms with E-state index in [4.69, 9.17) is 6.42 Å². The predicted molar refractivity (Wildman–Crippen MR) is 94.9 cm³/mol. The van der Waals surface area contributed by atoms with Crippen LogP contribution >= 0.6 is 0 Å². The first-order chi connectivity index (χ1) is 10.7. The summed E-state index contributed by atoms with van der Waals surface area (Å²) >= 11 is 0. The molecule has 0 aliphatic carbocycles. The third-order valence-electron chi connectivity index (χ3n) is 4.19. The molecule has 0 heterocycles. The lowest BCUT2D eigenvalue weighted by Gasteiger charge is -2.22. The van der Waals surface area contributed by atoms with Crippen LogP contribution in [-0.4, -0.2) is 24.5 Å². The Labute approximate surface area is 135 Å². The molecule has 22 heavy (non-hydrogen) atoms. The van der Waals surface area contributed by atoms with Gasteiger partial charge >= 0.3 is 0 Å². The van der Waals surface area contributed by atoms with Crippen LogP contribution in [0.1, 0.15) is 23.6 Å². The van der Waals surface area contributed by atoms with E-state index >= 15 is 0 Å². The highest BCUT2D eigenvalue weighted by atomic mass is 15.1. The molecule has 0 aromatic heterocycles. The van der Waals surface area contributed by atoms with E-state index in [1.807, 2.05) is 0 Å². The highest BCUT2D eigenvalue weighted by molar-refractivity contribution is 5.25. The van der Waals surface area contributed by atoms with Crippen LogP contribution in [0.15, 0.2) is 54.6 Å². The van der Waals surface area contributed by atoms with Crippen LogP contribution in [-0.2, 0) is 19.3 Å². The predicted octanol–water partition coefficient (Wildman–Crippen LogP) is 3.97. The summed E-state index contributed by atoms with van der Waals surface area (Å²) in [6.45, 7) is 2.93. The third-order valence-corrected chi connectivity index (χ3v) is 4.19. The molecule has 0 N–H and O–H groups in total. The van der Waals surface area contributed by atoms with Crippen molar-refractivity contribution in [2.45, 2.75) is 32.2 Å². The van der Waals surface area contributed by atoms with Crippen molar-refractivity contribution in [1.29, 1.82) is 0 Å². The van der Waals surface area contributed by atoms with Crippen molar-refractivity contribution < 1.29 is 0 Å². The first kappa shape index (κ1) is 16.3. The van der Waals surface area contributed by atoms with E-state index in [-0.39, 0.29) is 0 Å². The van der Waals surface area contributed by atoms with Gasteiger partial charge in [0.1, 0.15) is 0 Å². The molecule has 0 bridgehead atoms. The minimum Gasteiger partial charge on any atom is -0.292 e. The van der Waals surface area contributed by atoms with E-state index in [2.05, 4.69) is 79.4 Å². The molecule has 0 saturated carbocycles. The van der Waals surface area contributed by atoms with Gasteiger partial charge in [-0.2, -0.15) is 0 Å².